The van der Waals surface area contributed by atoms with Gasteiger partial charge < -0.3 is 14.4 Å². The summed E-state index contributed by atoms with van der Waals surface area (Å²) in [6.45, 7) is 2.37. The normalized spacial score (nSPS) is 18.8. The quantitative estimate of drug-likeness (QED) is 0.646. The Morgan fingerprint density at radius 2 is 1.68 bits per heavy atom. The molecule has 3 aromatic rings. The average molecular weight is 377 g/mol. The maximum atomic E-state index is 13.0. The third kappa shape index (κ3) is 2.93. The van der Waals surface area contributed by atoms with Gasteiger partial charge in [-0.05, 0) is 30.3 Å². The molecule has 2 aliphatic rings. The molecule has 5 rings (SSSR count). The van der Waals surface area contributed by atoms with Gasteiger partial charge in [0.25, 0.3) is 11.5 Å². The lowest BCUT2D eigenvalue weighted by molar-refractivity contribution is -0.181. The molecule has 0 unspecified atom stereocenters. The van der Waals surface area contributed by atoms with Crippen LogP contribution in [0.1, 0.15) is 23.2 Å². The van der Waals surface area contributed by atoms with Crippen molar-refractivity contribution in [3.63, 3.8) is 0 Å². The number of likely N-dealkylation sites (tertiary alicyclic amines) is 1. The van der Waals surface area contributed by atoms with Gasteiger partial charge in [0.15, 0.2) is 5.79 Å². The first-order valence-corrected chi connectivity index (χ1v) is 9.42. The van der Waals surface area contributed by atoms with Crippen LogP contribution in [0.15, 0.2) is 47.3 Å². The fraction of sp³-hybridized carbons (Fsp3) is 0.333. The topological polar surface area (TPSA) is 81.6 Å². The predicted molar refractivity (Wildman–Crippen MR) is 103 cm³/mol. The van der Waals surface area contributed by atoms with Crippen molar-refractivity contribution in [2.75, 3.05) is 26.3 Å². The second-order valence-electron chi connectivity index (χ2n) is 7.15. The number of aromatic nitrogens is 2. The molecule has 0 saturated carbocycles. The minimum atomic E-state index is -0.517. The first-order chi connectivity index (χ1) is 13.6. The standard InChI is InChI=1S/C21H19N3O4/c25-19-15-3-1-2-4-16(15)22-17-6-5-14(13-18(17)23-19)20(26)24-9-7-21(8-10-24)27-11-12-28-21/h1-6,13H,7-12H2. The maximum Gasteiger partial charge on any atom is 0.279 e. The van der Waals surface area contributed by atoms with Gasteiger partial charge in [-0.1, -0.05) is 12.1 Å². The van der Waals surface area contributed by atoms with E-state index in [2.05, 4.69) is 9.97 Å². The molecule has 0 aliphatic carbocycles. The van der Waals surface area contributed by atoms with Crippen molar-refractivity contribution in [3.05, 3.63) is 58.4 Å². The zero-order chi connectivity index (χ0) is 19.1. The minimum absolute atomic E-state index is 0.0833. The molecule has 7 heteroatoms. The molecule has 1 spiro atoms. The van der Waals surface area contributed by atoms with Crippen LogP contribution in [0.2, 0.25) is 0 Å². The number of hydrogen-bond acceptors (Lipinski definition) is 6. The second kappa shape index (κ2) is 6.61. The molecule has 2 aliphatic heterocycles. The summed E-state index contributed by atoms with van der Waals surface area (Å²) in [6.07, 6.45) is 1.33. The highest BCUT2D eigenvalue weighted by molar-refractivity contribution is 5.97. The van der Waals surface area contributed by atoms with Crippen molar-refractivity contribution in [1.82, 2.24) is 14.9 Å². The zero-order valence-electron chi connectivity index (χ0n) is 15.3. The summed E-state index contributed by atoms with van der Waals surface area (Å²) in [5, 5.41) is 0.462. The van der Waals surface area contributed by atoms with Gasteiger partial charge in [-0.2, -0.15) is 0 Å². The van der Waals surface area contributed by atoms with Gasteiger partial charge in [0.2, 0.25) is 0 Å². The van der Waals surface area contributed by atoms with Gasteiger partial charge in [-0.15, -0.1) is 0 Å². The van der Waals surface area contributed by atoms with Crippen LogP contribution in [0.25, 0.3) is 21.9 Å². The highest BCUT2D eigenvalue weighted by Crippen LogP contribution is 2.31. The van der Waals surface area contributed by atoms with Crippen LogP contribution in [0.4, 0.5) is 0 Å². The molecule has 2 saturated heterocycles. The van der Waals surface area contributed by atoms with Crippen LogP contribution in [-0.4, -0.2) is 52.9 Å². The minimum Gasteiger partial charge on any atom is -0.347 e. The first-order valence-electron chi connectivity index (χ1n) is 9.42. The largest absolute Gasteiger partial charge is 0.347 e. The molecule has 1 amide bonds. The van der Waals surface area contributed by atoms with Crippen LogP contribution < -0.4 is 5.56 Å². The van der Waals surface area contributed by atoms with Gasteiger partial charge >= 0.3 is 0 Å². The zero-order valence-corrected chi connectivity index (χ0v) is 15.3. The number of carbonyl (C=O) groups is 1. The van der Waals surface area contributed by atoms with Crippen LogP contribution in [0.3, 0.4) is 0 Å². The first kappa shape index (κ1) is 17.2. The Hall–Kier alpha value is -2.90. The van der Waals surface area contributed by atoms with Crippen LogP contribution in [-0.2, 0) is 9.47 Å². The van der Waals surface area contributed by atoms with E-state index in [-0.39, 0.29) is 11.5 Å². The van der Waals surface area contributed by atoms with E-state index in [1.807, 2.05) is 6.07 Å². The molecule has 0 radical (unpaired) electrons. The molecule has 0 N–H and O–H groups in total. The number of benzene rings is 2. The van der Waals surface area contributed by atoms with E-state index < -0.39 is 5.79 Å². The molecule has 28 heavy (non-hydrogen) atoms. The monoisotopic (exact) mass is 377 g/mol. The highest BCUT2D eigenvalue weighted by atomic mass is 16.7. The molecular formula is C21H19N3O4. The lowest BCUT2D eigenvalue weighted by Crippen LogP contribution is -2.47. The predicted octanol–water partition coefficient (Wildman–Crippen LogP) is 2.12. The molecule has 3 heterocycles. The molecule has 2 aromatic carbocycles. The van der Waals surface area contributed by atoms with Gasteiger partial charge in [0.05, 0.1) is 35.2 Å². The number of amides is 1. The Kier molecular flexibility index (Phi) is 4.07. The number of nitrogens with zero attached hydrogens (tertiary/aromatic N) is 3. The summed E-state index contributed by atoms with van der Waals surface area (Å²) < 4.78 is 11.4. The summed E-state index contributed by atoms with van der Waals surface area (Å²) in [7, 11) is 0. The van der Waals surface area contributed by atoms with Gasteiger partial charge in [-0.25, -0.2) is 9.97 Å². The number of ether oxygens (including phenoxy) is 2. The number of rotatable bonds is 1. The summed E-state index contributed by atoms with van der Waals surface area (Å²) in [5.74, 6) is -0.600. The van der Waals surface area contributed by atoms with Crippen molar-refractivity contribution in [2.24, 2.45) is 0 Å². The van der Waals surface area contributed by atoms with Crippen LogP contribution in [0, 0.1) is 0 Å². The van der Waals surface area contributed by atoms with Crippen molar-refractivity contribution in [2.45, 2.75) is 18.6 Å². The molecule has 1 aromatic heterocycles. The molecule has 142 valence electrons. The van der Waals surface area contributed by atoms with E-state index in [1.165, 1.54) is 0 Å². The number of piperidine rings is 1. The Morgan fingerprint density at radius 3 is 2.46 bits per heavy atom. The van der Waals surface area contributed by atoms with E-state index in [4.69, 9.17) is 9.47 Å². The number of para-hydroxylation sites is 1. The molecule has 2 fully saturated rings. The Labute approximate surface area is 160 Å². The summed E-state index contributed by atoms with van der Waals surface area (Å²) >= 11 is 0. The fourth-order valence-electron chi connectivity index (χ4n) is 3.91. The summed E-state index contributed by atoms with van der Waals surface area (Å²) in [6, 6.07) is 12.2. The molecule has 7 nitrogen and oxygen atoms in total. The average Bonchev–Trinajstić information content (AvgIpc) is 3.11. The smallest absolute Gasteiger partial charge is 0.279 e. The lowest BCUT2D eigenvalue weighted by atomic mass is 10.0. The molecular weight excluding hydrogens is 358 g/mol. The van der Waals surface area contributed by atoms with E-state index >= 15 is 0 Å². The van der Waals surface area contributed by atoms with E-state index in [9.17, 15) is 9.59 Å². The fourth-order valence-corrected chi connectivity index (χ4v) is 3.91. The Bertz CT molecular complexity index is 1130. The number of carbonyl (C=O) groups excluding carboxylic acids is 1. The SMILES string of the molecule is O=C(c1ccc2nc3ccccc3c(=O)nc2c1)N1CCC2(CC1)OCCO2. The summed E-state index contributed by atoms with van der Waals surface area (Å²) in [5.41, 5.74) is 1.74. The Morgan fingerprint density at radius 1 is 0.929 bits per heavy atom. The summed E-state index contributed by atoms with van der Waals surface area (Å²) in [4.78, 5) is 35.9. The number of hydrogen-bond donors (Lipinski definition) is 0. The number of fused-ring (bicyclic) bond motifs is 2. The van der Waals surface area contributed by atoms with Crippen molar-refractivity contribution in [3.8, 4) is 0 Å². The lowest BCUT2D eigenvalue weighted by Gasteiger charge is -2.37. The van der Waals surface area contributed by atoms with Crippen molar-refractivity contribution < 1.29 is 14.3 Å². The third-order valence-corrected chi connectivity index (χ3v) is 5.45. The Balaban J connectivity index is 1.47. The molecule has 0 bridgehead atoms. The van der Waals surface area contributed by atoms with E-state index in [0.29, 0.717) is 66.6 Å². The highest BCUT2D eigenvalue weighted by Gasteiger charge is 2.40. The second-order valence-corrected chi connectivity index (χ2v) is 7.15. The van der Waals surface area contributed by atoms with Gasteiger partial charge in [0, 0.05) is 31.5 Å². The van der Waals surface area contributed by atoms with Crippen LogP contribution >= 0.6 is 0 Å². The third-order valence-electron chi connectivity index (χ3n) is 5.45. The molecule has 0 atom stereocenters. The maximum absolute atomic E-state index is 13.0. The van der Waals surface area contributed by atoms with Gasteiger partial charge in [-0.3, -0.25) is 9.59 Å². The van der Waals surface area contributed by atoms with E-state index in [1.54, 1.807) is 41.3 Å². The van der Waals surface area contributed by atoms with Gasteiger partial charge in [0.1, 0.15) is 0 Å². The van der Waals surface area contributed by atoms with Crippen molar-refractivity contribution in [1.29, 1.82) is 0 Å². The van der Waals surface area contributed by atoms with E-state index in [0.717, 1.165) is 0 Å². The van der Waals surface area contributed by atoms with Crippen molar-refractivity contribution >= 4 is 27.8 Å². The van der Waals surface area contributed by atoms with Crippen LogP contribution in [0.5, 0.6) is 0 Å².